The summed E-state index contributed by atoms with van der Waals surface area (Å²) in [6.07, 6.45) is 1.37. The lowest BCUT2D eigenvalue weighted by Gasteiger charge is -2.03. The third-order valence-corrected chi connectivity index (χ3v) is 2.48. The van der Waals surface area contributed by atoms with E-state index < -0.39 is 17.2 Å². The third kappa shape index (κ3) is 2.45. The predicted octanol–water partition coefficient (Wildman–Crippen LogP) is -1.81. The number of aryl methyl sites for hydroxylation is 1. The molecule has 100 valence electrons. The maximum Gasteiger partial charge on any atom is 0.331 e. The van der Waals surface area contributed by atoms with Crippen molar-refractivity contribution in [1.82, 2.24) is 19.7 Å². The lowest BCUT2D eigenvalue weighted by molar-refractivity contribution is 0.0944. The Bertz CT molecular complexity index is 726. The van der Waals surface area contributed by atoms with Crippen LogP contribution < -0.4 is 22.5 Å². The molecule has 1 amide bonds. The zero-order valence-electron chi connectivity index (χ0n) is 9.99. The Morgan fingerprint density at radius 1 is 1.53 bits per heavy atom. The monoisotopic (exact) mass is 265 g/mol. The molecular formula is C10H11N5O4. The van der Waals surface area contributed by atoms with Crippen molar-refractivity contribution in [3.8, 4) is 0 Å². The van der Waals surface area contributed by atoms with Crippen LogP contribution in [-0.4, -0.2) is 20.2 Å². The van der Waals surface area contributed by atoms with Crippen molar-refractivity contribution in [3.05, 3.63) is 50.6 Å². The van der Waals surface area contributed by atoms with Crippen LogP contribution in [0.2, 0.25) is 0 Å². The van der Waals surface area contributed by atoms with Crippen LogP contribution in [0.15, 0.2) is 32.4 Å². The summed E-state index contributed by atoms with van der Waals surface area (Å²) in [5, 5.41) is 3.47. The van der Waals surface area contributed by atoms with E-state index in [0.717, 1.165) is 4.57 Å². The van der Waals surface area contributed by atoms with Gasteiger partial charge in [-0.05, 0) is 0 Å². The van der Waals surface area contributed by atoms with Gasteiger partial charge in [-0.1, -0.05) is 5.16 Å². The van der Waals surface area contributed by atoms with Crippen molar-refractivity contribution < 1.29 is 9.32 Å². The molecule has 0 unspecified atom stereocenters. The molecule has 0 bridgehead atoms. The normalized spacial score (nSPS) is 10.4. The van der Waals surface area contributed by atoms with Crippen molar-refractivity contribution in [2.75, 3.05) is 0 Å². The van der Waals surface area contributed by atoms with E-state index in [1.165, 1.54) is 29.9 Å². The zero-order chi connectivity index (χ0) is 14.0. The SMILES string of the molecule is Cn1ccc(=O)n(Cc2cc(C(=O)NN)no2)c1=O. The fraction of sp³-hybridized carbons (Fsp3) is 0.200. The number of rotatable bonds is 3. The second-order valence-electron chi connectivity index (χ2n) is 3.79. The van der Waals surface area contributed by atoms with Gasteiger partial charge in [0.05, 0.1) is 6.54 Å². The summed E-state index contributed by atoms with van der Waals surface area (Å²) in [4.78, 5) is 34.5. The molecule has 0 atom stereocenters. The van der Waals surface area contributed by atoms with Gasteiger partial charge < -0.3 is 9.09 Å². The highest BCUT2D eigenvalue weighted by Crippen LogP contribution is 2.03. The topological polar surface area (TPSA) is 125 Å². The molecule has 9 nitrogen and oxygen atoms in total. The van der Waals surface area contributed by atoms with Crippen LogP contribution in [0.5, 0.6) is 0 Å². The van der Waals surface area contributed by atoms with Crippen LogP contribution in [0.1, 0.15) is 16.2 Å². The van der Waals surface area contributed by atoms with E-state index in [1.54, 1.807) is 0 Å². The number of hydrogen-bond acceptors (Lipinski definition) is 6. The Balaban J connectivity index is 2.35. The molecule has 2 heterocycles. The highest BCUT2D eigenvalue weighted by molar-refractivity contribution is 5.91. The van der Waals surface area contributed by atoms with E-state index in [-0.39, 0.29) is 18.0 Å². The second kappa shape index (κ2) is 4.90. The molecule has 0 saturated heterocycles. The van der Waals surface area contributed by atoms with E-state index in [9.17, 15) is 14.4 Å². The molecule has 0 aromatic carbocycles. The molecular weight excluding hydrogens is 254 g/mol. The largest absolute Gasteiger partial charge is 0.359 e. The number of nitrogen functional groups attached to an aromatic ring is 1. The van der Waals surface area contributed by atoms with Crippen molar-refractivity contribution in [2.24, 2.45) is 12.9 Å². The van der Waals surface area contributed by atoms with Crippen LogP contribution >= 0.6 is 0 Å². The van der Waals surface area contributed by atoms with Gasteiger partial charge in [-0.15, -0.1) is 0 Å². The number of hydrazine groups is 1. The molecule has 2 aromatic rings. The third-order valence-electron chi connectivity index (χ3n) is 2.48. The molecule has 0 spiro atoms. The van der Waals surface area contributed by atoms with Gasteiger partial charge in [0.25, 0.3) is 11.5 Å². The lowest BCUT2D eigenvalue weighted by atomic mass is 10.3. The lowest BCUT2D eigenvalue weighted by Crippen LogP contribution is -2.38. The summed E-state index contributed by atoms with van der Waals surface area (Å²) in [6.45, 7) is -0.114. The molecule has 0 fully saturated rings. The Morgan fingerprint density at radius 3 is 2.95 bits per heavy atom. The second-order valence-corrected chi connectivity index (χ2v) is 3.79. The number of nitrogens with zero attached hydrogens (tertiary/aromatic N) is 3. The number of carbonyl (C=O) groups is 1. The molecule has 19 heavy (non-hydrogen) atoms. The van der Waals surface area contributed by atoms with E-state index in [2.05, 4.69) is 5.16 Å². The van der Waals surface area contributed by atoms with Gasteiger partial charge in [0.15, 0.2) is 11.5 Å². The molecule has 0 radical (unpaired) electrons. The minimum atomic E-state index is -0.622. The number of carbonyl (C=O) groups excluding carboxylic acids is 1. The van der Waals surface area contributed by atoms with Crippen LogP contribution in [-0.2, 0) is 13.6 Å². The molecule has 0 aliphatic heterocycles. The summed E-state index contributed by atoms with van der Waals surface area (Å²) in [6, 6.07) is 2.56. The van der Waals surface area contributed by atoms with Crippen LogP contribution in [0, 0.1) is 0 Å². The first-order valence-corrected chi connectivity index (χ1v) is 5.26. The van der Waals surface area contributed by atoms with E-state index in [0.29, 0.717) is 0 Å². The predicted molar refractivity (Wildman–Crippen MR) is 63.2 cm³/mol. The number of amides is 1. The molecule has 9 heteroatoms. The Morgan fingerprint density at radius 2 is 2.26 bits per heavy atom. The van der Waals surface area contributed by atoms with Gasteiger partial charge in [-0.25, -0.2) is 10.6 Å². The fourth-order valence-corrected chi connectivity index (χ4v) is 1.48. The zero-order valence-corrected chi connectivity index (χ0v) is 9.99. The van der Waals surface area contributed by atoms with Crippen LogP contribution in [0.4, 0.5) is 0 Å². The average Bonchev–Trinajstić information content (AvgIpc) is 2.87. The van der Waals surface area contributed by atoms with Crippen molar-refractivity contribution in [2.45, 2.75) is 6.54 Å². The Labute approximate surface area is 106 Å². The average molecular weight is 265 g/mol. The summed E-state index contributed by atoms with van der Waals surface area (Å²) >= 11 is 0. The highest BCUT2D eigenvalue weighted by atomic mass is 16.5. The number of hydrogen-bond donors (Lipinski definition) is 2. The quantitative estimate of drug-likeness (QED) is 0.382. The van der Waals surface area contributed by atoms with Crippen molar-refractivity contribution in [3.63, 3.8) is 0 Å². The summed E-state index contributed by atoms with van der Waals surface area (Å²) < 4.78 is 7.09. The van der Waals surface area contributed by atoms with Gasteiger partial charge in [0.1, 0.15) is 0 Å². The number of nitrogens with one attached hydrogen (secondary N) is 1. The van der Waals surface area contributed by atoms with Crippen LogP contribution in [0.25, 0.3) is 0 Å². The molecule has 0 aliphatic carbocycles. The van der Waals surface area contributed by atoms with Gasteiger partial charge in [0.2, 0.25) is 0 Å². The first-order chi connectivity index (χ1) is 9.02. The Hall–Kier alpha value is -2.68. The molecule has 3 N–H and O–H groups in total. The molecule has 2 aromatic heterocycles. The van der Waals surface area contributed by atoms with Crippen molar-refractivity contribution >= 4 is 5.91 Å². The van der Waals surface area contributed by atoms with Gasteiger partial charge in [-0.3, -0.25) is 19.6 Å². The standard InChI is InChI=1S/C10H11N5O4/c1-14-3-2-8(16)15(10(14)18)5-6-4-7(13-19-6)9(17)12-11/h2-4H,5,11H2,1H3,(H,12,17). The number of aromatic nitrogens is 3. The van der Waals surface area contributed by atoms with Gasteiger partial charge in [0, 0.05) is 25.4 Å². The molecule has 0 aliphatic rings. The van der Waals surface area contributed by atoms with Crippen molar-refractivity contribution in [1.29, 1.82) is 0 Å². The van der Waals surface area contributed by atoms with E-state index in [4.69, 9.17) is 10.4 Å². The summed E-state index contributed by atoms with van der Waals surface area (Å²) in [5.74, 6) is 4.52. The van der Waals surface area contributed by atoms with Gasteiger partial charge in [-0.2, -0.15) is 0 Å². The summed E-state index contributed by atoms with van der Waals surface area (Å²) in [5.41, 5.74) is 0.905. The fourth-order valence-electron chi connectivity index (χ4n) is 1.48. The minimum Gasteiger partial charge on any atom is -0.359 e. The first-order valence-electron chi connectivity index (χ1n) is 5.26. The Kier molecular flexibility index (Phi) is 3.29. The van der Waals surface area contributed by atoms with E-state index >= 15 is 0 Å². The highest BCUT2D eigenvalue weighted by Gasteiger charge is 2.13. The maximum atomic E-state index is 11.8. The molecule has 2 rings (SSSR count). The van der Waals surface area contributed by atoms with Gasteiger partial charge >= 0.3 is 5.69 Å². The maximum absolute atomic E-state index is 11.8. The minimum absolute atomic E-state index is 0.0293. The van der Waals surface area contributed by atoms with E-state index in [1.807, 2.05) is 5.43 Å². The van der Waals surface area contributed by atoms with Crippen LogP contribution in [0.3, 0.4) is 0 Å². The molecule has 0 saturated carbocycles. The number of nitrogens with two attached hydrogens (primary N) is 1. The smallest absolute Gasteiger partial charge is 0.331 e. The first kappa shape index (κ1) is 12.8. The summed E-state index contributed by atoms with van der Waals surface area (Å²) in [7, 11) is 1.52.